The molecule has 2 aromatic carbocycles. The average Bonchev–Trinajstić information content (AvgIpc) is 3.20. The smallest absolute Gasteiger partial charge is 0.214 e. The van der Waals surface area contributed by atoms with E-state index in [0.717, 1.165) is 28.1 Å². The monoisotopic (exact) mass is 448 g/mol. The van der Waals surface area contributed by atoms with Gasteiger partial charge < -0.3 is 19.5 Å². The van der Waals surface area contributed by atoms with Crippen molar-refractivity contribution in [3.63, 3.8) is 0 Å². The van der Waals surface area contributed by atoms with Crippen molar-refractivity contribution in [3.05, 3.63) is 71.1 Å². The molecule has 33 heavy (non-hydrogen) atoms. The number of aliphatic imine (C=N–C) groups is 1. The van der Waals surface area contributed by atoms with Crippen molar-refractivity contribution in [2.24, 2.45) is 4.99 Å². The van der Waals surface area contributed by atoms with Crippen LogP contribution in [0.5, 0.6) is 5.75 Å². The Bertz CT molecular complexity index is 1210. The molecule has 3 rings (SSSR count). The molecular formula is C25H29FN6O. The van der Waals surface area contributed by atoms with Crippen LogP contribution in [-0.2, 0) is 6.54 Å². The number of rotatable bonds is 6. The van der Waals surface area contributed by atoms with Crippen molar-refractivity contribution in [3.8, 4) is 17.6 Å². The van der Waals surface area contributed by atoms with E-state index in [2.05, 4.69) is 35.2 Å². The Morgan fingerprint density at radius 3 is 2.64 bits per heavy atom. The first-order chi connectivity index (χ1) is 15.7. The molecule has 1 heterocycles. The van der Waals surface area contributed by atoms with Crippen LogP contribution in [-0.4, -0.2) is 34.6 Å². The standard InChI is InChI=1S/C25H29FN6O/c1-16(2)21-10-19(17(3)9-24(21)33-6)13-31(5)25(28-14-27)30-20-7-8-23(22(26)11-20)32-12-18(4)29-15-32/h7-12,15-16H,13H2,1-6H3,(H,28,30). The van der Waals surface area contributed by atoms with E-state index < -0.39 is 5.82 Å². The number of aryl methyl sites for hydroxylation is 2. The maximum absolute atomic E-state index is 14.8. The molecule has 0 fully saturated rings. The number of hydrogen-bond donors (Lipinski definition) is 1. The van der Waals surface area contributed by atoms with Gasteiger partial charge in [-0.15, -0.1) is 4.99 Å². The van der Waals surface area contributed by atoms with Crippen LogP contribution >= 0.6 is 0 Å². The SMILES string of the molecule is COc1cc(C)c(CN(C)/C(=N\C#N)Nc2ccc(-n3cnc(C)c3)c(F)c2)cc1C(C)C. The third-order valence-corrected chi connectivity index (χ3v) is 5.43. The first-order valence-electron chi connectivity index (χ1n) is 10.7. The molecule has 0 amide bonds. The van der Waals surface area contributed by atoms with Crippen LogP contribution in [0.15, 0.2) is 47.8 Å². The second kappa shape index (κ2) is 10.2. The van der Waals surface area contributed by atoms with Gasteiger partial charge in [0.1, 0.15) is 11.6 Å². The molecule has 0 atom stereocenters. The molecule has 0 saturated heterocycles. The van der Waals surface area contributed by atoms with E-state index in [4.69, 9.17) is 4.74 Å². The molecule has 0 aliphatic carbocycles. The highest BCUT2D eigenvalue weighted by Crippen LogP contribution is 2.30. The highest BCUT2D eigenvalue weighted by molar-refractivity contribution is 5.94. The summed E-state index contributed by atoms with van der Waals surface area (Å²) in [7, 11) is 3.51. The first-order valence-corrected chi connectivity index (χ1v) is 10.7. The summed E-state index contributed by atoms with van der Waals surface area (Å²) in [6.45, 7) is 8.62. The van der Waals surface area contributed by atoms with Gasteiger partial charge >= 0.3 is 0 Å². The summed E-state index contributed by atoms with van der Waals surface area (Å²) >= 11 is 0. The highest BCUT2D eigenvalue weighted by atomic mass is 19.1. The van der Waals surface area contributed by atoms with Gasteiger partial charge in [0.25, 0.3) is 0 Å². The van der Waals surface area contributed by atoms with Crippen LogP contribution in [0.2, 0.25) is 0 Å². The number of methoxy groups -OCH3 is 1. The van der Waals surface area contributed by atoms with Crippen LogP contribution in [0.3, 0.4) is 0 Å². The van der Waals surface area contributed by atoms with Gasteiger partial charge in [-0.05, 0) is 66.8 Å². The normalized spacial score (nSPS) is 11.4. The average molecular weight is 449 g/mol. The number of anilines is 1. The van der Waals surface area contributed by atoms with E-state index in [0.29, 0.717) is 29.8 Å². The number of benzene rings is 2. The van der Waals surface area contributed by atoms with Gasteiger partial charge in [0.2, 0.25) is 12.2 Å². The molecule has 1 aromatic heterocycles. The predicted molar refractivity (Wildman–Crippen MR) is 128 cm³/mol. The summed E-state index contributed by atoms with van der Waals surface area (Å²) in [6.07, 6.45) is 5.15. The summed E-state index contributed by atoms with van der Waals surface area (Å²) in [5.74, 6) is 1.07. The quantitative estimate of drug-likeness (QED) is 0.321. The molecule has 7 nitrogen and oxygen atoms in total. The van der Waals surface area contributed by atoms with Gasteiger partial charge in [0.05, 0.1) is 24.8 Å². The number of ether oxygens (including phenoxy) is 1. The van der Waals surface area contributed by atoms with Gasteiger partial charge in [-0.25, -0.2) is 9.37 Å². The van der Waals surface area contributed by atoms with Gasteiger partial charge in [0.15, 0.2) is 0 Å². The van der Waals surface area contributed by atoms with Crippen molar-refractivity contribution in [1.29, 1.82) is 5.26 Å². The zero-order chi connectivity index (χ0) is 24.1. The lowest BCUT2D eigenvalue weighted by Gasteiger charge is -2.24. The summed E-state index contributed by atoms with van der Waals surface area (Å²) in [5.41, 5.74) is 4.96. The third kappa shape index (κ3) is 5.50. The number of hydrogen-bond acceptors (Lipinski definition) is 4. The van der Waals surface area contributed by atoms with E-state index >= 15 is 0 Å². The van der Waals surface area contributed by atoms with Crippen molar-refractivity contribution in [2.75, 3.05) is 19.5 Å². The lowest BCUT2D eigenvalue weighted by atomic mass is 9.96. The lowest BCUT2D eigenvalue weighted by molar-refractivity contribution is 0.406. The van der Waals surface area contributed by atoms with Crippen LogP contribution in [0.1, 0.15) is 42.1 Å². The van der Waals surface area contributed by atoms with Gasteiger partial charge in [-0.1, -0.05) is 13.8 Å². The summed E-state index contributed by atoms with van der Waals surface area (Å²) < 4.78 is 21.9. The van der Waals surface area contributed by atoms with Crippen LogP contribution < -0.4 is 10.1 Å². The topological polar surface area (TPSA) is 78.5 Å². The molecule has 0 unspecified atom stereocenters. The van der Waals surface area contributed by atoms with E-state index in [1.165, 1.54) is 6.07 Å². The Kier molecular flexibility index (Phi) is 7.34. The minimum absolute atomic E-state index is 0.302. The summed E-state index contributed by atoms with van der Waals surface area (Å²) in [6, 6.07) is 8.93. The van der Waals surface area contributed by atoms with E-state index in [9.17, 15) is 9.65 Å². The van der Waals surface area contributed by atoms with Gasteiger partial charge in [0, 0.05) is 25.5 Å². The molecule has 3 aromatic rings. The van der Waals surface area contributed by atoms with Crippen molar-refractivity contribution >= 4 is 11.6 Å². The van der Waals surface area contributed by atoms with E-state index in [1.54, 1.807) is 36.3 Å². The Balaban J connectivity index is 1.83. The molecule has 0 radical (unpaired) electrons. The zero-order valence-electron chi connectivity index (χ0n) is 19.8. The fourth-order valence-electron chi connectivity index (χ4n) is 3.61. The summed E-state index contributed by atoms with van der Waals surface area (Å²) in [4.78, 5) is 9.89. The minimum atomic E-state index is -0.413. The van der Waals surface area contributed by atoms with E-state index in [-0.39, 0.29) is 0 Å². The number of nitrogens with one attached hydrogen (secondary N) is 1. The molecule has 0 aliphatic rings. The highest BCUT2D eigenvalue weighted by Gasteiger charge is 2.15. The molecule has 172 valence electrons. The third-order valence-electron chi connectivity index (χ3n) is 5.43. The van der Waals surface area contributed by atoms with Crippen molar-refractivity contribution < 1.29 is 9.13 Å². The van der Waals surface area contributed by atoms with Gasteiger partial charge in [-0.3, -0.25) is 0 Å². The van der Waals surface area contributed by atoms with Gasteiger partial charge in [-0.2, -0.15) is 5.26 Å². The number of imidazole rings is 1. The number of guanidine groups is 1. The molecule has 0 saturated carbocycles. The fraction of sp³-hybridized carbons (Fsp3) is 0.320. The Labute approximate surface area is 194 Å². The molecule has 0 bridgehead atoms. The second-order valence-electron chi connectivity index (χ2n) is 8.28. The number of halogens is 1. The van der Waals surface area contributed by atoms with Crippen LogP contribution in [0.4, 0.5) is 10.1 Å². The number of nitriles is 1. The number of nitrogens with zero attached hydrogens (tertiary/aromatic N) is 5. The first kappa shape index (κ1) is 23.8. The maximum atomic E-state index is 14.8. The van der Waals surface area contributed by atoms with Crippen LogP contribution in [0, 0.1) is 31.1 Å². The minimum Gasteiger partial charge on any atom is -0.496 e. The Hall–Kier alpha value is -3.86. The van der Waals surface area contributed by atoms with Crippen LogP contribution in [0.25, 0.3) is 5.69 Å². The predicted octanol–water partition coefficient (Wildman–Crippen LogP) is 5.14. The number of aromatic nitrogens is 2. The van der Waals surface area contributed by atoms with Crippen molar-refractivity contribution in [1.82, 2.24) is 14.5 Å². The molecular weight excluding hydrogens is 419 g/mol. The van der Waals surface area contributed by atoms with E-state index in [1.807, 2.05) is 38.1 Å². The molecule has 0 spiro atoms. The molecule has 8 heteroatoms. The lowest BCUT2D eigenvalue weighted by Crippen LogP contribution is -2.32. The fourth-order valence-corrected chi connectivity index (χ4v) is 3.61. The maximum Gasteiger partial charge on any atom is 0.214 e. The Morgan fingerprint density at radius 1 is 1.30 bits per heavy atom. The molecule has 1 N–H and O–H groups in total. The van der Waals surface area contributed by atoms with Crippen molar-refractivity contribution in [2.45, 2.75) is 40.2 Å². The zero-order valence-corrected chi connectivity index (χ0v) is 19.8. The second-order valence-corrected chi connectivity index (χ2v) is 8.28. The Morgan fingerprint density at radius 2 is 2.06 bits per heavy atom. The summed E-state index contributed by atoms with van der Waals surface area (Å²) in [5, 5.41) is 12.3. The largest absolute Gasteiger partial charge is 0.496 e. The molecule has 0 aliphatic heterocycles.